The van der Waals surface area contributed by atoms with E-state index in [1.165, 1.54) is 16.2 Å². The zero-order valence-corrected chi connectivity index (χ0v) is 16.0. The summed E-state index contributed by atoms with van der Waals surface area (Å²) in [4.78, 5) is 30.0. The third-order valence-corrected chi connectivity index (χ3v) is 4.54. The number of thiazole rings is 1. The van der Waals surface area contributed by atoms with Gasteiger partial charge in [-0.25, -0.2) is 4.98 Å². The number of hydrogen-bond donors (Lipinski definition) is 1. The van der Waals surface area contributed by atoms with Crippen molar-refractivity contribution in [3.05, 3.63) is 44.3 Å². The molecule has 0 saturated heterocycles. The van der Waals surface area contributed by atoms with Gasteiger partial charge in [0.15, 0.2) is 0 Å². The van der Waals surface area contributed by atoms with Crippen LogP contribution in [0, 0.1) is 6.92 Å². The molecule has 0 aliphatic rings. The number of rotatable bonds is 6. The molecular weight excluding hydrogens is 394 g/mol. The predicted octanol–water partition coefficient (Wildman–Crippen LogP) is 3.07. The van der Waals surface area contributed by atoms with Crippen molar-refractivity contribution in [2.75, 3.05) is 26.0 Å². The van der Waals surface area contributed by atoms with E-state index < -0.39 is 0 Å². The van der Waals surface area contributed by atoms with Gasteiger partial charge in [-0.1, -0.05) is 15.9 Å². The molecule has 0 saturated carbocycles. The second kappa shape index (κ2) is 8.36. The molecule has 0 unspecified atom stereocenters. The van der Waals surface area contributed by atoms with E-state index in [0.717, 1.165) is 20.7 Å². The summed E-state index contributed by atoms with van der Waals surface area (Å²) >= 11 is 4.74. The second-order valence-corrected chi connectivity index (χ2v) is 7.09. The normalized spacial score (nSPS) is 10.5. The van der Waals surface area contributed by atoms with E-state index in [4.69, 9.17) is 4.74 Å². The van der Waals surface area contributed by atoms with Crippen LogP contribution in [0.2, 0.25) is 0 Å². The number of methoxy groups -OCH3 is 1. The van der Waals surface area contributed by atoms with E-state index in [-0.39, 0.29) is 18.4 Å². The minimum absolute atomic E-state index is 0.0501. The Kier molecular flexibility index (Phi) is 6.47. The molecule has 1 heterocycles. The number of benzene rings is 1. The average Bonchev–Trinajstić information content (AvgIpc) is 2.98. The molecule has 24 heavy (non-hydrogen) atoms. The van der Waals surface area contributed by atoms with Gasteiger partial charge >= 0.3 is 0 Å². The topological polar surface area (TPSA) is 71.5 Å². The van der Waals surface area contributed by atoms with Crippen LogP contribution in [0.4, 0.5) is 5.69 Å². The molecular formula is C16H18BrN3O3S. The smallest absolute Gasteiger partial charge is 0.273 e. The van der Waals surface area contributed by atoms with Crippen LogP contribution in [0.3, 0.4) is 0 Å². The summed E-state index contributed by atoms with van der Waals surface area (Å²) in [6.45, 7) is 2.22. The second-order valence-electron chi connectivity index (χ2n) is 5.23. The maximum absolute atomic E-state index is 12.3. The molecule has 0 aliphatic carbocycles. The van der Waals surface area contributed by atoms with E-state index in [2.05, 4.69) is 26.2 Å². The standard InChI is InChI=1S/C16H18BrN3O3S/c1-10-6-11(17)4-5-12(10)18-14(21)7-20(2)16(22)13-9-24-15(19-13)8-23-3/h4-6,9H,7-8H2,1-3H3,(H,18,21). The van der Waals surface area contributed by atoms with E-state index >= 15 is 0 Å². The summed E-state index contributed by atoms with van der Waals surface area (Å²) < 4.78 is 5.93. The molecule has 0 bridgehead atoms. The fourth-order valence-electron chi connectivity index (χ4n) is 2.04. The zero-order chi connectivity index (χ0) is 17.7. The SMILES string of the molecule is COCc1nc(C(=O)N(C)CC(=O)Nc2ccc(Br)cc2C)cs1. The highest BCUT2D eigenvalue weighted by Crippen LogP contribution is 2.20. The van der Waals surface area contributed by atoms with Crippen LogP contribution in [0.15, 0.2) is 28.1 Å². The zero-order valence-electron chi connectivity index (χ0n) is 13.6. The van der Waals surface area contributed by atoms with Gasteiger partial charge in [0, 0.05) is 29.7 Å². The molecule has 128 valence electrons. The minimum Gasteiger partial charge on any atom is -0.378 e. The molecule has 1 aromatic heterocycles. The third-order valence-electron chi connectivity index (χ3n) is 3.23. The number of hydrogen-bond acceptors (Lipinski definition) is 5. The molecule has 2 rings (SSSR count). The first-order chi connectivity index (χ1) is 11.4. The van der Waals surface area contributed by atoms with Gasteiger partial charge in [-0.3, -0.25) is 9.59 Å². The third kappa shape index (κ3) is 4.86. The van der Waals surface area contributed by atoms with Crippen molar-refractivity contribution in [1.29, 1.82) is 0 Å². The minimum atomic E-state index is -0.295. The number of nitrogens with zero attached hydrogens (tertiary/aromatic N) is 2. The van der Waals surface area contributed by atoms with E-state index in [0.29, 0.717) is 12.3 Å². The Morgan fingerprint density at radius 1 is 1.42 bits per heavy atom. The summed E-state index contributed by atoms with van der Waals surface area (Å²) in [7, 11) is 3.15. The van der Waals surface area contributed by atoms with Crippen molar-refractivity contribution in [3.8, 4) is 0 Å². The number of aryl methyl sites for hydroxylation is 1. The summed E-state index contributed by atoms with van der Waals surface area (Å²) in [5, 5.41) is 5.21. The van der Waals surface area contributed by atoms with Gasteiger partial charge < -0.3 is 15.0 Å². The van der Waals surface area contributed by atoms with Gasteiger partial charge in [-0.15, -0.1) is 11.3 Å². The van der Waals surface area contributed by atoms with Crippen LogP contribution in [0.1, 0.15) is 21.1 Å². The number of aromatic nitrogens is 1. The first-order valence-corrected chi connectivity index (χ1v) is 8.82. The Labute approximate surface area is 153 Å². The summed E-state index contributed by atoms with van der Waals surface area (Å²) in [6.07, 6.45) is 0. The molecule has 6 nitrogen and oxygen atoms in total. The van der Waals surface area contributed by atoms with Crippen molar-refractivity contribution < 1.29 is 14.3 Å². The fourth-order valence-corrected chi connectivity index (χ4v) is 3.25. The molecule has 0 radical (unpaired) electrons. The highest BCUT2D eigenvalue weighted by molar-refractivity contribution is 9.10. The van der Waals surface area contributed by atoms with Gasteiger partial charge in [0.1, 0.15) is 10.7 Å². The molecule has 1 aromatic carbocycles. The maximum Gasteiger partial charge on any atom is 0.273 e. The van der Waals surface area contributed by atoms with Crippen LogP contribution in [0.25, 0.3) is 0 Å². The van der Waals surface area contributed by atoms with Crippen LogP contribution in [-0.2, 0) is 16.1 Å². The number of carbonyl (C=O) groups is 2. The van der Waals surface area contributed by atoms with Gasteiger partial charge in [-0.2, -0.15) is 0 Å². The quantitative estimate of drug-likeness (QED) is 0.792. The van der Waals surface area contributed by atoms with Crippen molar-refractivity contribution >= 4 is 44.8 Å². The number of carbonyl (C=O) groups excluding carboxylic acids is 2. The molecule has 8 heteroatoms. The summed E-state index contributed by atoms with van der Waals surface area (Å²) in [6, 6.07) is 5.58. The first kappa shape index (κ1) is 18.6. The molecule has 0 atom stereocenters. The molecule has 0 fully saturated rings. The van der Waals surface area contributed by atoms with Crippen LogP contribution in [-0.4, -0.2) is 42.4 Å². The molecule has 0 aliphatic heterocycles. The van der Waals surface area contributed by atoms with Crippen LogP contribution >= 0.6 is 27.3 Å². The number of nitrogens with one attached hydrogen (secondary N) is 1. The number of amides is 2. The Morgan fingerprint density at radius 3 is 2.83 bits per heavy atom. The number of likely N-dealkylation sites (N-methyl/N-ethyl adjacent to an activating group) is 1. The van der Waals surface area contributed by atoms with Crippen molar-refractivity contribution in [2.45, 2.75) is 13.5 Å². The molecule has 2 aromatic rings. The first-order valence-electron chi connectivity index (χ1n) is 7.15. The van der Waals surface area contributed by atoms with E-state index in [9.17, 15) is 9.59 Å². The lowest BCUT2D eigenvalue weighted by Gasteiger charge is -2.16. The lowest BCUT2D eigenvalue weighted by Crippen LogP contribution is -2.35. The summed E-state index contributed by atoms with van der Waals surface area (Å²) in [5.74, 6) is -0.556. The summed E-state index contributed by atoms with van der Waals surface area (Å²) in [5.41, 5.74) is 1.98. The monoisotopic (exact) mass is 411 g/mol. The Bertz CT molecular complexity index is 748. The van der Waals surface area contributed by atoms with Gasteiger partial charge in [0.2, 0.25) is 5.91 Å². The highest BCUT2D eigenvalue weighted by Gasteiger charge is 2.18. The van der Waals surface area contributed by atoms with Crippen LogP contribution < -0.4 is 5.32 Å². The molecule has 2 amide bonds. The van der Waals surface area contributed by atoms with Gasteiger partial charge in [0.25, 0.3) is 5.91 Å². The Balaban J connectivity index is 1.96. The largest absolute Gasteiger partial charge is 0.378 e. The van der Waals surface area contributed by atoms with Crippen molar-refractivity contribution in [1.82, 2.24) is 9.88 Å². The number of halogens is 1. The lowest BCUT2D eigenvalue weighted by atomic mass is 10.2. The Morgan fingerprint density at radius 2 is 2.17 bits per heavy atom. The predicted molar refractivity (Wildman–Crippen MR) is 97.3 cm³/mol. The average molecular weight is 412 g/mol. The van der Waals surface area contributed by atoms with E-state index in [1.54, 1.807) is 19.5 Å². The van der Waals surface area contributed by atoms with Gasteiger partial charge in [-0.05, 0) is 30.7 Å². The van der Waals surface area contributed by atoms with Crippen molar-refractivity contribution in [2.24, 2.45) is 0 Å². The number of anilines is 1. The maximum atomic E-state index is 12.3. The van der Waals surface area contributed by atoms with E-state index in [1.807, 2.05) is 25.1 Å². The lowest BCUT2D eigenvalue weighted by molar-refractivity contribution is -0.116. The van der Waals surface area contributed by atoms with Crippen LogP contribution in [0.5, 0.6) is 0 Å². The Hall–Kier alpha value is -1.77. The van der Waals surface area contributed by atoms with Gasteiger partial charge in [0.05, 0.1) is 13.2 Å². The fraction of sp³-hybridized carbons (Fsp3) is 0.312. The van der Waals surface area contributed by atoms with Crippen molar-refractivity contribution in [3.63, 3.8) is 0 Å². The molecule has 1 N–H and O–H groups in total. The number of ether oxygens (including phenoxy) is 1. The molecule has 0 spiro atoms. The highest BCUT2D eigenvalue weighted by atomic mass is 79.9.